The maximum Gasteiger partial charge on any atom is 0.311 e. The second-order valence-corrected chi connectivity index (χ2v) is 8.71. The number of carbonyl (C=O) groups is 1. The molecule has 0 fully saturated rings. The molecule has 0 bridgehead atoms. The third kappa shape index (κ3) is 4.16. The summed E-state index contributed by atoms with van der Waals surface area (Å²) in [6.45, 7) is 9.43. The first-order valence-electron chi connectivity index (χ1n) is 11.5. The first-order chi connectivity index (χ1) is 15.0. The average Bonchev–Trinajstić information content (AvgIpc) is 3.28. The van der Waals surface area contributed by atoms with E-state index >= 15 is 0 Å². The number of esters is 1. The molecule has 0 aliphatic carbocycles. The van der Waals surface area contributed by atoms with Crippen molar-refractivity contribution >= 4 is 33.7 Å². The minimum atomic E-state index is -0.199. The fraction of sp³-hybridized carbons (Fsp3) is 0.480. The average molecular weight is 421 g/mol. The molecular weight excluding hydrogens is 388 g/mol. The Labute approximate surface area is 183 Å². The number of carbonyl (C=O) groups excluding carboxylic acids is 1. The van der Waals surface area contributed by atoms with Crippen LogP contribution in [0.1, 0.15) is 65.6 Å². The molecule has 0 saturated carbocycles. The number of benzene rings is 1. The summed E-state index contributed by atoms with van der Waals surface area (Å²) in [4.78, 5) is 22.5. The van der Waals surface area contributed by atoms with E-state index in [-0.39, 0.29) is 5.97 Å². The van der Waals surface area contributed by atoms with Crippen LogP contribution >= 0.6 is 0 Å². The lowest BCUT2D eigenvalue weighted by atomic mass is 10.2. The number of para-hydroxylation sites is 2. The van der Waals surface area contributed by atoms with Crippen molar-refractivity contribution in [3.63, 3.8) is 0 Å². The number of fused-ring (bicyclic) bond motifs is 5. The highest BCUT2D eigenvalue weighted by molar-refractivity contribution is 6.00. The normalized spacial score (nSPS) is 11.9. The molecule has 6 nitrogen and oxygen atoms in total. The van der Waals surface area contributed by atoms with E-state index in [9.17, 15) is 4.79 Å². The SMILES string of the molecule is CCCCC(=O)Oc1cn(CC(C)C)c2nc(CCCC)n3c4ccccc4nc3c12. The third-order valence-corrected chi connectivity index (χ3v) is 5.57. The number of imidazole rings is 1. The molecule has 0 N–H and O–H groups in total. The standard InChI is InChI=1S/C25H32N4O2/c1-5-7-13-21-27-24-23(25-26-18-11-9-10-12-19(18)29(21)25)20(16-28(24)15-17(3)4)31-22(30)14-8-6-2/h9-12,16-17H,5-8,13-15H2,1-4H3. The van der Waals surface area contributed by atoms with Crippen molar-refractivity contribution in [1.29, 1.82) is 0 Å². The quantitative estimate of drug-likeness (QED) is 0.315. The van der Waals surface area contributed by atoms with Crippen molar-refractivity contribution in [2.75, 3.05) is 0 Å². The van der Waals surface area contributed by atoms with Crippen LogP contribution in [0.5, 0.6) is 5.75 Å². The Morgan fingerprint density at radius 3 is 2.58 bits per heavy atom. The second-order valence-electron chi connectivity index (χ2n) is 8.71. The van der Waals surface area contributed by atoms with Gasteiger partial charge < -0.3 is 9.30 Å². The van der Waals surface area contributed by atoms with Crippen LogP contribution in [0.15, 0.2) is 30.5 Å². The lowest BCUT2D eigenvalue weighted by Crippen LogP contribution is -2.08. The predicted octanol–water partition coefficient (Wildman–Crippen LogP) is 5.93. The highest BCUT2D eigenvalue weighted by Crippen LogP contribution is 2.34. The van der Waals surface area contributed by atoms with Crippen molar-refractivity contribution in [1.82, 2.24) is 18.9 Å². The lowest BCUT2D eigenvalue weighted by molar-refractivity contribution is -0.134. The molecule has 0 radical (unpaired) electrons. The molecule has 0 aliphatic rings. The Bertz CT molecular complexity index is 1220. The van der Waals surface area contributed by atoms with E-state index in [0.717, 1.165) is 72.2 Å². The van der Waals surface area contributed by atoms with Crippen LogP contribution in [0.25, 0.3) is 27.7 Å². The maximum absolute atomic E-state index is 12.5. The topological polar surface area (TPSA) is 61.4 Å². The Morgan fingerprint density at radius 2 is 1.84 bits per heavy atom. The van der Waals surface area contributed by atoms with E-state index in [4.69, 9.17) is 14.7 Å². The van der Waals surface area contributed by atoms with Crippen molar-refractivity contribution in [2.24, 2.45) is 5.92 Å². The monoisotopic (exact) mass is 420 g/mol. The van der Waals surface area contributed by atoms with Gasteiger partial charge in [0.15, 0.2) is 11.4 Å². The lowest BCUT2D eigenvalue weighted by Gasteiger charge is -2.10. The zero-order chi connectivity index (χ0) is 22.0. The number of aryl methyl sites for hydroxylation is 1. The fourth-order valence-electron chi connectivity index (χ4n) is 4.09. The fourth-order valence-corrected chi connectivity index (χ4v) is 4.09. The molecule has 4 rings (SSSR count). The summed E-state index contributed by atoms with van der Waals surface area (Å²) in [6.07, 6.45) is 7.17. The number of rotatable bonds is 9. The van der Waals surface area contributed by atoms with Gasteiger partial charge in [-0.15, -0.1) is 0 Å². The molecule has 0 unspecified atom stereocenters. The number of hydrogen-bond acceptors (Lipinski definition) is 4. The minimum absolute atomic E-state index is 0.199. The first kappa shape index (κ1) is 21.3. The summed E-state index contributed by atoms with van der Waals surface area (Å²) in [5.41, 5.74) is 3.63. The summed E-state index contributed by atoms with van der Waals surface area (Å²) in [6, 6.07) is 8.13. The highest BCUT2D eigenvalue weighted by Gasteiger charge is 2.22. The van der Waals surface area contributed by atoms with E-state index in [0.29, 0.717) is 18.1 Å². The van der Waals surface area contributed by atoms with E-state index in [1.807, 2.05) is 24.4 Å². The smallest absolute Gasteiger partial charge is 0.311 e. The zero-order valence-electron chi connectivity index (χ0n) is 19.0. The molecule has 0 atom stereocenters. The Hall–Kier alpha value is -2.89. The molecule has 0 saturated heterocycles. The maximum atomic E-state index is 12.5. The van der Waals surface area contributed by atoms with Crippen LogP contribution in [-0.2, 0) is 17.8 Å². The van der Waals surface area contributed by atoms with Gasteiger partial charge >= 0.3 is 5.97 Å². The zero-order valence-corrected chi connectivity index (χ0v) is 19.0. The van der Waals surface area contributed by atoms with Crippen molar-refractivity contribution in [2.45, 2.75) is 72.8 Å². The molecule has 3 heterocycles. The van der Waals surface area contributed by atoms with Gasteiger partial charge in [0.05, 0.1) is 11.0 Å². The molecule has 31 heavy (non-hydrogen) atoms. The highest BCUT2D eigenvalue weighted by atomic mass is 16.5. The summed E-state index contributed by atoms with van der Waals surface area (Å²) < 4.78 is 10.1. The van der Waals surface area contributed by atoms with Gasteiger partial charge in [-0.25, -0.2) is 9.97 Å². The molecule has 0 amide bonds. The van der Waals surface area contributed by atoms with Gasteiger partial charge in [-0.05, 0) is 30.9 Å². The molecule has 3 aromatic heterocycles. The molecular formula is C25H32N4O2. The van der Waals surface area contributed by atoms with Crippen LogP contribution in [0, 0.1) is 5.92 Å². The molecule has 0 spiro atoms. The van der Waals surface area contributed by atoms with Gasteiger partial charge in [0.1, 0.15) is 16.9 Å². The van der Waals surface area contributed by atoms with Crippen LogP contribution in [0.2, 0.25) is 0 Å². The van der Waals surface area contributed by atoms with Crippen molar-refractivity contribution < 1.29 is 9.53 Å². The van der Waals surface area contributed by atoms with Crippen LogP contribution in [0.3, 0.4) is 0 Å². The van der Waals surface area contributed by atoms with Gasteiger partial charge in [-0.2, -0.15) is 0 Å². The van der Waals surface area contributed by atoms with Crippen molar-refractivity contribution in [3.05, 3.63) is 36.3 Å². The van der Waals surface area contributed by atoms with Crippen LogP contribution in [-0.4, -0.2) is 24.9 Å². The van der Waals surface area contributed by atoms with E-state index < -0.39 is 0 Å². The summed E-state index contributed by atoms with van der Waals surface area (Å²) in [7, 11) is 0. The minimum Gasteiger partial charge on any atom is -0.424 e. The molecule has 0 aliphatic heterocycles. The third-order valence-electron chi connectivity index (χ3n) is 5.57. The number of hydrogen-bond donors (Lipinski definition) is 0. The summed E-state index contributed by atoms with van der Waals surface area (Å²) in [5, 5.41) is 0.821. The largest absolute Gasteiger partial charge is 0.424 e. The van der Waals surface area contributed by atoms with Gasteiger partial charge in [0.25, 0.3) is 0 Å². The van der Waals surface area contributed by atoms with Gasteiger partial charge in [0, 0.05) is 25.6 Å². The Kier molecular flexibility index (Phi) is 6.25. The Balaban J connectivity index is 1.98. The summed E-state index contributed by atoms with van der Waals surface area (Å²) >= 11 is 0. The number of nitrogens with zero attached hydrogens (tertiary/aromatic N) is 4. The van der Waals surface area contributed by atoms with Gasteiger partial charge in [-0.1, -0.05) is 52.7 Å². The molecule has 4 aromatic rings. The Morgan fingerprint density at radius 1 is 1.06 bits per heavy atom. The van der Waals surface area contributed by atoms with E-state index in [1.165, 1.54) is 0 Å². The van der Waals surface area contributed by atoms with Gasteiger partial charge in [0.2, 0.25) is 0 Å². The van der Waals surface area contributed by atoms with E-state index in [1.54, 1.807) is 0 Å². The molecule has 6 heteroatoms. The van der Waals surface area contributed by atoms with Gasteiger partial charge in [-0.3, -0.25) is 9.20 Å². The number of aromatic nitrogens is 4. The van der Waals surface area contributed by atoms with Crippen molar-refractivity contribution in [3.8, 4) is 5.75 Å². The molecule has 164 valence electrons. The van der Waals surface area contributed by atoms with Crippen LogP contribution in [0.4, 0.5) is 0 Å². The number of unbranched alkanes of at least 4 members (excludes halogenated alkanes) is 2. The van der Waals surface area contributed by atoms with Crippen LogP contribution < -0.4 is 4.74 Å². The van der Waals surface area contributed by atoms with E-state index in [2.05, 4.69) is 42.7 Å². The first-order valence-corrected chi connectivity index (χ1v) is 11.5. The summed E-state index contributed by atoms with van der Waals surface area (Å²) in [5.74, 6) is 1.81. The number of ether oxygens (including phenoxy) is 1. The predicted molar refractivity (Wildman–Crippen MR) is 125 cm³/mol. The second kappa shape index (κ2) is 9.08. The molecule has 1 aromatic carbocycles.